The summed E-state index contributed by atoms with van der Waals surface area (Å²) in [6, 6.07) is 7.46. The van der Waals surface area contributed by atoms with Gasteiger partial charge in [0, 0.05) is 6.42 Å². The van der Waals surface area contributed by atoms with E-state index in [9.17, 15) is 4.79 Å². The highest BCUT2D eigenvalue weighted by Gasteiger charge is 2.02. The second-order valence-electron chi connectivity index (χ2n) is 4.17. The number of carbonyl (C=O) groups is 1. The van der Waals surface area contributed by atoms with Crippen molar-refractivity contribution in [1.82, 2.24) is 5.43 Å². The molecule has 0 aliphatic heterocycles. The molecule has 0 radical (unpaired) electrons. The van der Waals surface area contributed by atoms with Crippen molar-refractivity contribution in [3.63, 3.8) is 0 Å². The maximum atomic E-state index is 11.3. The minimum absolute atomic E-state index is 0.0702. The Morgan fingerprint density at radius 3 is 2.94 bits per heavy atom. The van der Waals surface area contributed by atoms with Crippen LogP contribution in [0.5, 0.6) is 5.75 Å². The van der Waals surface area contributed by atoms with E-state index in [0.717, 1.165) is 11.3 Å². The molecule has 0 aliphatic carbocycles. The molecule has 0 spiro atoms. The number of nitrogens with zero attached hydrogens (tertiary/aromatic N) is 1. The van der Waals surface area contributed by atoms with Gasteiger partial charge < -0.3 is 4.74 Å². The fourth-order valence-electron chi connectivity index (χ4n) is 1.32. The number of ether oxygens (including phenoxy) is 1. The lowest BCUT2D eigenvalue weighted by Crippen LogP contribution is -2.19. The normalized spacial score (nSPS) is 10.8. The number of carbonyl (C=O) groups excluding carboxylic acids is 1. The molecule has 4 nitrogen and oxygen atoms in total. The number of hydrogen-bond donors (Lipinski definition) is 1. The van der Waals surface area contributed by atoms with E-state index in [0.29, 0.717) is 12.3 Å². The van der Waals surface area contributed by atoms with E-state index in [2.05, 4.69) is 10.5 Å². The SMILES string of the molecule is COc1cccc(/C=N/NC(=O)CC(C)C)c1. The molecule has 17 heavy (non-hydrogen) atoms. The Kier molecular flexibility index (Phi) is 5.20. The summed E-state index contributed by atoms with van der Waals surface area (Å²) < 4.78 is 5.09. The third-order valence-corrected chi connectivity index (χ3v) is 2.09. The molecule has 0 bridgehead atoms. The van der Waals surface area contributed by atoms with Crippen molar-refractivity contribution in [2.45, 2.75) is 20.3 Å². The Bertz CT molecular complexity index is 400. The van der Waals surface area contributed by atoms with Crippen LogP contribution < -0.4 is 10.2 Å². The molecule has 92 valence electrons. The summed E-state index contributed by atoms with van der Waals surface area (Å²) in [4.78, 5) is 11.3. The third kappa shape index (κ3) is 5.15. The fraction of sp³-hybridized carbons (Fsp3) is 0.385. The second-order valence-corrected chi connectivity index (χ2v) is 4.17. The molecular formula is C13H18N2O2. The van der Waals surface area contributed by atoms with Crippen LogP contribution in [-0.2, 0) is 4.79 Å². The Hall–Kier alpha value is -1.84. The van der Waals surface area contributed by atoms with Gasteiger partial charge in [-0.25, -0.2) is 5.43 Å². The van der Waals surface area contributed by atoms with E-state index < -0.39 is 0 Å². The molecule has 0 saturated carbocycles. The zero-order valence-corrected chi connectivity index (χ0v) is 10.4. The smallest absolute Gasteiger partial charge is 0.240 e. The van der Waals surface area contributed by atoms with Crippen molar-refractivity contribution < 1.29 is 9.53 Å². The van der Waals surface area contributed by atoms with E-state index in [-0.39, 0.29) is 5.91 Å². The van der Waals surface area contributed by atoms with Crippen LogP contribution in [0, 0.1) is 5.92 Å². The molecule has 0 unspecified atom stereocenters. The molecule has 0 saturated heterocycles. The van der Waals surface area contributed by atoms with Gasteiger partial charge in [0.15, 0.2) is 0 Å². The van der Waals surface area contributed by atoms with Crippen LogP contribution in [0.4, 0.5) is 0 Å². The maximum Gasteiger partial charge on any atom is 0.240 e. The number of amides is 1. The highest BCUT2D eigenvalue weighted by Crippen LogP contribution is 2.10. The van der Waals surface area contributed by atoms with Gasteiger partial charge in [-0.1, -0.05) is 26.0 Å². The highest BCUT2D eigenvalue weighted by molar-refractivity contribution is 5.82. The summed E-state index contributed by atoms with van der Waals surface area (Å²) in [6.45, 7) is 3.98. The van der Waals surface area contributed by atoms with E-state index >= 15 is 0 Å². The van der Waals surface area contributed by atoms with Gasteiger partial charge in [-0.2, -0.15) is 5.10 Å². The largest absolute Gasteiger partial charge is 0.497 e. The predicted molar refractivity (Wildman–Crippen MR) is 68.2 cm³/mol. The average Bonchev–Trinajstić information content (AvgIpc) is 2.28. The van der Waals surface area contributed by atoms with E-state index in [1.54, 1.807) is 13.3 Å². The first-order valence-electron chi connectivity index (χ1n) is 5.57. The lowest BCUT2D eigenvalue weighted by atomic mass is 10.1. The quantitative estimate of drug-likeness (QED) is 0.627. The second kappa shape index (κ2) is 6.68. The Balaban J connectivity index is 2.50. The molecule has 0 fully saturated rings. The minimum atomic E-state index is -0.0702. The first kappa shape index (κ1) is 13.2. The Morgan fingerprint density at radius 2 is 2.29 bits per heavy atom. The summed E-state index contributed by atoms with van der Waals surface area (Å²) in [6.07, 6.45) is 2.08. The molecule has 1 amide bonds. The number of benzene rings is 1. The fourth-order valence-corrected chi connectivity index (χ4v) is 1.32. The molecule has 0 aromatic heterocycles. The average molecular weight is 234 g/mol. The number of hydrazone groups is 1. The first-order chi connectivity index (χ1) is 8.11. The van der Waals surface area contributed by atoms with Gasteiger partial charge in [0.2, 0.25) is 5.91 Å². The van der Waals surface area contributed by atoms with Crippen molar-refractivity contribution >= 4 is 12.1 Å². The van der Waals surface area contributed by atoms with Gasteiger partial charge in [-0.15, -0.1) is 0 Å². The Morgan fingerprint density at radius 1 is 1.53 bits per heavy atom. The summed E-state index contributed by atoms with van der Waals surface area (Å²) in [7, 11) is 1.61. The molecule has 0 atom stereocenters. The Labute approximate surface area is 102 Å². The van der Waals surface area contributed by atoms with Crippen LogP contribution in [0.25, 0.3) is 0 Å². The summed E-state index contributed by atoms with van der Waals surface area (Å²) in [5.74, 6) is 1.03. The van der Waals surface area contributed by atoms with Gasteiger partial charge in [0.1, 0.15) is 5.75 Å². The summed E-state index contributed by atoms with van der Waals surface area (Å²) in [5.41, 5.74) is 3.37. The van der Waals surface area contributed by atoms with Gasteiger partial charge in [-0.3, -0.25) is 4.79 Å². The zero-order chi connectivity index (χ0) is 12.7. The van der Waals surface area contributed by atoms with Gasteiger partial charge in [0.05, 0.1) is 13.3 Å². The van der Waals surface area contributed by atoms with Crippen molar-refractivity contribution in [3.05, 3.63) is 29.8 Å². The lowest BCUT2D eigenvalue weighted by molar-refractivity contribution is -0.121. The van der Waals surface area contributed by atoms with Crippen LogP contribution in [0.3, 0.4) is 0 Å². The predicted octanol–water partition coefficient (Wildman–Crippen LogP) is 2.19. The van der Waals surface area contributed by atoms with Gasteiger partial charge in [-0.05, 0) is 23.6 Å². The monoisotopic (exact) mass is 234 g/mol. The number of hydrogen-bond acceptors (Lipinski definition) is 3. The minimum Gasteiger partial charge on any atom is -0.497 e. The topological polar surface area (TPSA) is 50.7 Å². The van der Waals surface area contributed by atoms with Crippen LogP contribution in [0.1, 0.15) is 25.8 Å². The summed E-state index contributed by atoms with van der Waals surface area (Å²) >= 11 is 0. The molecule has 4 heteroatoms. The zero-order valence-electron chi connectivity index (χ0n) is 10.4. The van der Waals surface area contributed by atoms with Gasteiger partial charge >= 0.3 is 0 Å². The van der Waals surface area contributed by atoms with Crippen molar-refractivity contribution in [2.24, 2.45) is 11.0 Å². The number of rotatable bonds is 5. The maximum absolute atomic E-state index is 11.3. The van der Waals surface area contributed by atoms with Crippen LogP contribution in [-0.4, -0.2) is 19.2 Å². The molecule has 1 aromatic carbocycles. The summed E-state index contributed by atoms with van der Waals surface area (Å²) in [5, 5.41) is 3.89. The van der Waals surface area contributed by atoms with E-state index in [1.807, 2.05) is 38.1 Å². The standard InChI is InChI=1S/C13H18N2O2/c1-10(2)7-13(16)15-14-9-11-5-4-6-12(8-11)17-3/h4-6,8-10H,7H2,1-3H3,(H,15,16)/b14-9+. The molecule has 0 heterocycles. The van der Waals surface area contributed by atoms with E-state index in [1.165, 1.54) is 0 Å². The van der Waals surface area contributed by atoms with Crippen molar-refractivity contribution in [3.8, 4) is 5.75 Å². The molecule has 1 N–H and O–H groups in total. The van der Waals surface area contributed by atoms with Gasteiger partial charge in [0.25, 0.3) is 0 Å². The molecule has 1 aromatic rings. The molecule has 0 aliphatic rings. The highest BCUT2D eigenvalue weighted by atomic mass is 16.5. The molecule has 1 rings (SSSR count). The third-order valence-electron chi connectivity index (χ3n) is 2.09. The lowest BCUT2D eigenvalue weighted by Gasteiger charge is -2.02. The van der Waals surface area contributed by atoms with E-state index in [4.69, 9.17) is 4.74 Å². The number of methoxy groups -OCH3 is 1. The molecular weight excluding hydrogens is 216 g/mol. The first-order valence-corrected chi connectivity index (χ1v) is 5.57. The van der Waals surface area contributed by atoms with Crippen molar-refractivity contribution in [1.29, 1.82) is 0 Å². The van der Waals surface area contributed by atoms with Crippen molar-refractivity contribution in [2.75, 3.05) is 7.11 Å². The van der Waals surface area contributed by atoms with Crippen LogP contribution >= 0.6 is 0 Å². The van der Waals surface area contributed by atoms with Crippen LogP contribution in [0.2, 0.25) is 0 Å². The number of nitrogens with one attached hydrogen (secondary N) is 1. The van der Waals surface area contributed by atoms with Crippen LogP contribution in [0.15, 0.2) is 29.4 Å².